The number of para-hydroxylation sites is 1. The molecule has 0 radical (unpaired) electrons. The minimum absolute atomic E-state index is 0.133. The Bertz CT molecular complexity index is 689. The summed E-state index contributed by atoms with van der Waals surface area (Å²) in [6.45, 7) is 5.03. The molecular formula is C19H22ClNO3. The molecular weight excluding hydrogens is 326 g/mol. The zero-order valence-electron chi connectivity index (χ0n) is 14.2. The van der Waals surface area contributed by atoms with Gasteiger partial charge in [0.05, 0.1) is 18.7 Å². The van der Waals surface area contributed by atoms with E-state index in [1.807, 2.05) is 44.2 Å². The van der Waals surface area contributed by atoms with E-state index in [1.165, 1.54) is 7.11 Å². The smallest absolute Gasteiger partial charge is 0.258 e. The largest absolute Gasteiger partial charge is 0.493 e. The summed E-state index contributed by atoms with van der Waals surface area (Å²) in [5.41, 5.74) is 1.30. The minimum Gasteiger partial charge on any atom is -0.493 e. The van der Waals surface area contributed by atoms with Crippen molar-refractivity contribution in [1.82, 2.24) is 0 Å². The van der Waals surface area contributed by atoms with Gasteiger partial charge in [0, 0.05) is 17.8 Å². The number of benzene rings is 2. The van der Waals surface area contributed by atoms with Crippen LogP contribution in [0.3, 0.4) is 0 Å². The highest BCUT2D eigenvalue weighted by molar-refractivity contribution is 6.32. The maximum Gasteiger partial charge on any atom is 0.258 e. The summed E-state index contributed by atoms with van der Waals surface area (Å²) in [6, 6.07) is 12.8. The van der Waals surface area contributed by atoms with Crippen molar-refractivity contribution in [2.24, 2.45) is 0 Å². The Kier molecular flexibility index (Phi) is 6.50. The molecule has 128 valence electrons. The van der Waals surface area contributed by atoms with E-state index >= 15 is 0 Å². The highest BCUT2D eigenvalue weighted by Crippen LogP contribution is 2.37. The second kappa shape index (κ2) is 8.60. The van der Waals surface area contributed by atoms with E-state index in [0.29, 0.717) is 35.2 Å². The molecule has 24 heavy (non-hydrogen) atoms. The van der Waals surface area contributed by atoms with Crippen LogP contribution in [0.25, 0.3) is 0 Å². The number of anilines is 1. The second-order valence-electron chi connectivity index (χ2n) is 5.22. The van der Waals surface area contributed by atoms with Crippen molar-refractivity contribution in [2.45, 2.75) is 20.3 Å². The predicted octanol–water partition coefficient (Wildman–Crippen LogP) is 4.80. The van der Waals surface area contributed by atoms with Gasteiger partial charge in [-0.2, -0.15) is 0 Å². The molecule has 0 aliphatic carbocycles. The zero-order chi connectivity index (χ0) is 17.5. The van der Waals surface area contributed by atoms with Crippen LogP contribution in [0.1, 0.15) is 30.6 Å². The Morgan fingerprint density at radius 1 is 1.17 bits per heavy atom. The Morgan fingerprint density at radius 2 is 1.88 bits per heavy atom. The third kappa shape index (κ3) is 4.01. The summed E-state index contributed by atoms with van der Waals surface area (Å²) < 4.78 is 11.0. The fourth-order valence-corrected chi connectivity index (χ4v) is 2.66. The van der Waals surface area contributed by atoms with Crippen molar-refractivity contribution in [2.75, 3.05) is 25.2 Å². The van der Waals surface area contributed by atoms with E-state index in [0.717, 1.165) is 12.1 Å². The first-order chi connectivity index (χ1) is 11.6. The quantitative estimate of drug-likeness (QED) is 0.721. The van der Waals surface area contributed by atoms with Gasteiger partial charge in [0.1, 0.15) is 0 Å². The molecule has 0 spiro atoms. The second-order valence-corrected chi connectivity index (χ2v) is 5.63. The number of methoxy groups -OCH3 is 1. The first kappa shape index (κ1) is 18.1. The van der Waals surface area contributed by atoms with Gasteiger partial charge in [-0.1, -0.05) is 36.7 Å². The summed E-state index contributed by atoms with van der Waals surface area (Å²) in [6.07, 6.45) is 0.859. The van der Waals surface area contributed by atoms with Crippen molar-refractivity contribution in [3.05, 3.63) is 53.1 Å². The topological polar surface area (TPSA) is 38.8 Å². The lowest BCUT2D eigenvalue weighted by atomic mass is 10.1. The van der Waals surface area contributed by atoms with Gasteiger partial charge in [0.2, 0.25) is 0 Å². The Hall–Kier alpha value is -2.20. The highest BCUT2D eigenvalue weighted by Gasteiger charge is 2.20. The Balaban J connectivity index is 2.37. The number of nitrogens with zero attached hydrogens (tertiary/aromatic N) is 1. The molecule has 0 aromatic heterocycles. The van der Waals surface area contributed by atoms with Gasteiger partial charge in [-0.3, -0.25) is 4.79 Å². The van der Waals surface area contributed by atoms with Gasteiger partial charge in [-0.15, -0.1) is 0 Å². The lowest BCUT2D eigenvalue weighted by molar-refractivity contribution is 0.0988. The molecule has 0 saturated carbocycles. The number of halogens is 1. The van der Waals surface area contributed by atoms with Crippen LogP contribution in [0.15, 0.2) is 42.5 Å². The lowest BCUT2D eigenvalue weighted by Crippen LogP contribution is -2.30. The van der Waals surface area contributed by atoms with E-state index in [-0.39, 0.29) is 5.91 Å². The summed E-state index contributed by atoms with van der Waals surface area (Å²) in [4.78, 5) is 14.6. The molecule has 0 aliphatic heterocycles. The highest BCUT2D eigenvalue weighted by atomic mass is 35.5. The molecule has 2 aromatic rings. The van der Waals surface area contributed by atoms with Crippen LogP contribution in [0.4, 0.5) is 5.69 Å². The van der Waals surface area contributed by atoms with E-state index < -0.39 is 0 Å². The standard InChI is InChI=1S/C19H22ClNO3/c1-4-11-24-18-16(20)12-14(13-17(18)23-3)19(22)21(5-2)15-9-7-6-8-10-15/h6-10,12-13H,4-5,11H2,1-3H3. The molecule has 0 fully saturated rings. The number of carbonyl (C=O) groups excluding carboxylic acids is 1. The third-order valence-corrected chi connectivity index (χ3v) is 3.84. The average molecular weight is 348 g/mol. The fourth-order valence-electron chi connectivity index (χ4n) is 2.39. The van der Waals surface area contributed by atoms with E-state index in [4.69, 9.17) is 21.1 Å². The number of hydrogen-bond acceptors (Lipinski definition) is 3. The molecule has 0 saturated heterocycles. The van der Waals surface area contributed by atoms with Crippen LogP contribution in [0.2, 0.25) is 5.02 Å². The first-order valence-electron chi connectivity index (χ1n) is 7.99. The molecule has 2 aromatic carbocycles. The van der Waals surface area contributed by atoms with Crippen LogP contribution in [0, 0.1) is 0 Å². The van der Waals surface area contributed by atoms with Crippen LogP contribution >= 0.6 is 11.6 Å². The number of rotatable bonds is 7. The van der Waals surface area contributed by atoms with Crippen molar-refractivity contribution in [3.63, 3.8) is 0 Å². The maximum atomic E-state index is 12.9. The van der Waals surface area contributed by atoms with Crippen molar-refractivity contribution < 1.29 is 14.3 Å². The monoisotopic (exact) mass is 347 g/mol. The molecule has 2 rings (SSSR count). The number of hydrogen-bond donors (Lipinski definition) is 0. The van der Waals surface area contributed by atoms with Crippen molar-refractivity contribution >= 4 is 23.2 Å². The van der Waals surface area contributed by atoms with Crippen LogP contribution in [-0.4, -0.2) is 26.2 Å². The van der Waals surface area contributed by atoms with Gasteiger partial charge < -0.3 is 14.4 Å². The molecule has 0 bridgehead atoms. The lowest BCUT2D eigenvalue weighted by Gasteiger charge is -2.22. The summed E-state index contributed by atoms with van der Waals surface area (Å²) >= 11 is 6.31. The van der Waals surface area contributed by atoms with Gasteiger partial charge in [0.25, 0.3) is 5.91 Å². The van der Waals surface area contributed by atoms with E-state index in [9.17, 15) is 4.79 Å². The summed E-state index contributed by atoms with van der Waals surface area (Å²) in [5, 5.41) is 0.371. The normalized spacial score (nSPS) is 10.3. The summed E-state index contributed by atoms with van der Waals surface area (Å²) in [7, 11) is 1.54. The third-order valence-electron chi connectivity index (χ3n) is 3.56. The first-order valence-corrected chi connectivity index (χ1v) is 8.37. The molecule has 5 heteroatoms. The van der Waals surface area contributed by atoms with E-state index in [2.05, 4.69) is 0 Å². The molecule has 4 nitrogen and oxygen atoms in total. The molecule has 0 heterocycles. The van der Waals surface area contributed by atoms with Gasteiger partial charge in [-0.25, -0.2) is 0 Å². The Morgan fingerprint density at radius 3 is 2.46 bits per heavy atom. The van der Waals surface area contributed by atoms with Gasteiger partial charge >= 0.3 is 0 Å². The van der Waals surface area contributed by atoms with Crippen LogP contribution in [0.5, 0.6) is 11.5 Å². The molecule has 0 atom stereocenters. The van der Waals surface area contributed by atoms with Gasteiger partial charge in [0.15, 0.2) is 11.5 Å². The maximum absolute atomic E-state index is 12.9. The number of carbonyl (C=O) groups is 1. The molecule has 1 amide bonds. The molecule has 0 N–H and O–H groups in total. The summed E-state index contributed by atoms with van der Waals surface area (Å²) in [5.74, 6) is 0.801. The predicted molar refractivity (Wildman–Crippen MR) is 97.6 cm³/mol. The SMILES string of the molecule is CCCOc1c(Cl)cc(C(=O)N(CC)c2ccccc2)cc1OC. The van der Waals surface area contributed by atoms with Crippen molar-refractivity contribution in [1.29, 1.82) is 0 Å². The van der Waals surface area contributed by atoms with E-state index in [1.54, 1.807) is 17.0 Å². The van der Waals surface area contributed by atoms with Crippen molar-refractivity contribution in [3.8, 4) is 11.5 Å². The number of amides is 1. The zero-order valence-corrected chi connectivity index (χ0v) is 15.0. The van der Waals surface area contributed by atoms with Crippen LogP contribution < -0.4 is 14.4 Å². The Labute approximate surface area is 147 Å². The van der Waals surface area contributed by atoms with Gasteiger partial charge in [-0.05, 0) is 37.6 Å². The average Bonchev–Trinajstić information content (AvgIpc) is 2.61. The fraction of sp³-hybridized carbons (Fsp3) is 0.316. The number of ether oxygens (including phenoxy) is 2. The molecule has 0 aliphatic rings. The minimum atomic E-state index is -0.133. The molecule has 0 unspecified atom stereocenters. The van der Waals surface area contributed by atoms with Crippen LogP contribution in [-0.2, 0) is 0 Å².